The molecule has 0 bridgehead atoms. The summed E-state index contributed by atoms with van der Waals surface area (Å²) in [7, 11) is 3.22. The maximum absolute atomic E-state index is 13.3. The van der Waals surface area contributed by atoms with Gasteiger partial charge in [-0.3, -0.25) is 0 Å². The second-order valence-electron chi connectivity index (χ2n) is 7.27. The van der Waals surface area contributed by atoms with Crippen molar-refractivity contribution in [1.82, 2.24) is 15.0 Å². The number of nitrogens with zero attached hydrogens (tertiary/aromatic N) is 3. The quantitative estimate of drug-likeness (QED) is 0.433. The number of methoxy groups -OCH3 is 2. The number of anilines is 2. The Balaban J connectivity index is 1.54. The van der Waals surface area contributed by atoms with Gasteiger partial charge in [0.1, 0.15) is 11.6 Å². The Hall–Kier alpha value is -3.94. The molecule has 0 atom stereocenters. The van der Waals surface area contributed by atoms with E-state index in [1.807, 2.05) is 30.3 Å². The van der Waals surface area contributed by atoms with Crippen LogP contribution >= 0.6 is 0 Å². The van der Waals surface area contributed by atoms with Crippen molar-refractivity contribution in [2.45, 2.75) is 12.8 Å². The molecule has 0 aliphatic rings. The summed E-state index contributed by atoms with van der Waals surface area (Å²) < 4.78 is 24.0. The van der Waals surface area contributed by atoms with Crippen LogP contribution in [0.2, 0.25) is 0 Å². The number of hydrogen-bond acceptors (Lipinski definition) is 7. The van der Waals surface area contributed by atoms with E-state index in [9.17, 15) is 4.39 Å². The summed E-state index contributed by atoms with van der Waals surface area (Å²) in [6.07, 6.45) is 2.95. The molecule has 2 aromatic heterocycles. The Morgan fingerprint density at radius 3 is 2.59 bits per heavy atom. The second kappa shape index (κ2) is 9.47. The Kier molecular flexibility index (Phi) is 6.30. The number of hydrogen-bond donors (Lipinski definition) is 2. The fourth-order valence-corrected chi connectivity index (χ4v) is 3.60. The van der Waals surface area contributed by atoms with E-state index >= 15 is 0 Å². The Bertz CT molecular complexity index is 1250. The highest BCUT2D eigenvalue weighted by Gasteiger charge is 2.13. The minimum Gasteiger partial charge on any atom is -0.493 e. The summed E-state index contributed by atoms with van der Waals surface area (Å²) in [5, 5.41) is 3.87. The van der Waals surface area contributed by atoms with Gasteiger partial charge in [-0.25, -0.2) is 9.37 Å². The predicted octanol–water partition coefficient (Wildman–Crippen LogP) is 4.01. The van der Waals surface area contributed by atoms with Crippen LogP contribution in [0, 0.1) is 5.82 Å². The molecule has 0 amide bonds. The molecule has 2 aromatic carbocycles. The van der Waals surface area contributed by atoms with E-state index in [0.717, 1.165) is 22.1 Å². The van der Waals surface area contributed by atoms with E-state index in [2.05, 4.69) is 20.3 Å². The van der Waals surface area contributed by atoms with Gasteiger partial charge in [0, 0.05) is 12.7 Å². The molecule has 32 heavy (non-hydrogen) atoms. The van der Waals surface area contributed by atoms with Crippen molar-refractivity contribution in [3.05, 3.63) is 77.2 Å². The fraction of sp³-hybridized carbons (Fsp3) is 0.208. The maximum Gasteiger partial charge on any atom is 0.226 e. The Morgan fingerprint density at radius 1 is 0.969 bits per heavy atom. The Labute approximate surface area is 185 Å². The van der Waals surface area contributed by atoms with Crippen LogP contribution in [0.15, 0.2) is 54.7 Å². The van der Waals surface area contributed by atoms with Crippen LogP contribution in [0.4, 0.5) is 16.2 Å². The highest BCUT2D eigenvalue weighted by atomic mass is 19.1. The predicted molar refractivity (Wildman–Crippen MR) is 123 cm³/mol. The van der Waals surface area contributed by atoms with Crippen molar-refractivity contribution >= 4 is 22.8 Å². The van der Waals surface area contributed by atoms with E-state index in [-0.39, 0.29) is 5.82 Å². The number of ether oxygens (including phenoxy) is 2. The molecule has 164 valence electrons. The van der Waals surface area contributed by atoms with Crippen LogP contribution in [0.25, 0.3) is 11.0 Å². The third-order valence-corrected chi connectivity index (χ3v) is 5.14. The van der Waals surface area contributed by atoms with Gasteiger partial charge in [-0.15, -0.1) is 0 Å². The minimum absolute atomic E-state index is 0.250. The summed E-state index contributed by atoms with van der Waals surface area (Å²) in [4.78, 5) is 13.3. The lowest BCUT2D eigenvalue weighted by Gasteiger charge is -2.12. The van der Waals surface area contributed by atoms with Crippen LogP contribution < -0.4 is 20.5 Å². The summed E-state index contributed by atoms with van der Waals surface area (Å²) in [5.41, 5.74) is 9.70. The van der Waals surface area contributed by atoms with Crippen molar-refractivity contribution in [3.8, 4) is 11.5 Å². The van der Waals surface area contributed by atoms with Crippen molar-refractivity contribution in [2.24, 2.45) is 0 Å². The van der Waals surface area contributed by atoms with Gasteiger partial charge in [0.25, 0.3) is 0 Å². The number of nitrogens with one attached hydrogen (secondary N) is 1. The van der Waals surface area contributed by atoms with Crippen LogP contribution in [-0.2, 0) is 12.8 Å². The largest absolute Gasteiger partial charge is 0.493 e. The summed E-state index contributed by atoms with van der Waals surface area (Å²) in [6.45, 7) is 0.541. The van der Waals surface area contributed by atoms with E-state index in [1.54, 1.807) is 26.5 Å². The van der Waals surface area contributed by atoms with Gasteiger partial charge in [-0.1, -0.05) is 18.2 Å². The van der Waals surface area contributed by atoms with Crippen LogP contribution in [0.5, 0.6) is 11.5 Å². The van der Waals surface area contributed by atoms with Crippen LogP contribution in [0.1, 0.15) is 16.7 Å². The molecule has 4 rings (SSSR count). The highest BCUT2D eigenvalue weighted by molar-refractivity contribution is 5.89. The third-order valence-electron chi connectivity index (χ3n) is 5.14. The average molecular weight is 433 g/mol. The molecule has 0 fully saturated rings. The highest BCUT2D eigenvalue weighted by Crippen LogP contribution is 2.30. The molecule has 0 radical (unpaired) electrons. The number of halogens is 1. The van der Waals surface area contributed by atoms with Gasteiger partial charge in [-0.05, 0) is 59.9 Å². The number of fused-ring (bicyclic) bond motifs is 1. The first-order valence-corrected chi connectivity index (χ1v) is 10.2. The molecule has 0 aliphatic heterocycles. The molecule has 0 saturated heterocycles. The zero-order chi connectivity index (χ0) is 22.5. The SMILES string of the molecule is COc1ccc(Cc2ccnc3nc(NCCc4cccc(F)c4)nc(N)c23)cc1OC. The van der Waals surface area contributed by atoms with Gasteiger partial charge in [0.2, 0.25) is 5.95 Å². The van der Waals surface area contributed by atoms with E-state index in [4.69, 9.17) is 15.2 Å². The van der Waals surface area contributed by atoms with Crippen molar-refractivity contribution < 1.29 is 13.9 Å². The first-order chi connectivity index (χ1) is 15.6. The molecular weight excluding hydrogens is 409 g/mol. The lowest BCUT2D eigenvalue weighted by Crippen LogP contribution is -2.10. The third kappa shape index (κ3) is 4.69. The number of rotatable bonds is 8. The van der Waals surface area contributed by atoms with Gasteiger partial charge < -0.3 is 20.5 Å². The topological polar surface area (TPSA) is 95.2 Å². The zero-order valence-electron chi connectivity index (χ0n) is 17.9. The standard InChI is InChI=1S/C24H24FN5O2/c1-31-19-7-6-16(14-20(19)32-2)12-17-9-11-27-23-21(17)22(26)29-24(30-23)28-10-8-15-4-3-5-18(25)13-15/h3-7,9,11,13-14H,8,10,12H2,1-2H3,(H3,26,27,28,29,30). The van der Waals surface area contributed by atoms with Gasteiger partial charge >= 0.3 is 0 Å². The lowest BCUT2D eigenvalue weighted by molar-refractivity contribution is 0.354. The molecule has 7 nitrogen and oxygen atoms in total. The number of aromatic nitrogens is 3. The smallest absolute Gasteiger partial charge is 0.226 e. The first kappa shape index (κ1) is 21.3. The molecule has 0 aliphatic carbocycles. The van der Waals surface area contributed by atoms with Gasteiger partial charge in [-0.2, -0.15) is 9.97 Å². The number of nitrogen functional groups attached to an aromatic ring is 1. The molecule has 0 saturated carbocycles. The summed E-state index contributed by atoms with van der Waals surface area (Å²) in [6, 6.07) is 14.2. The van der Waals surface area contributed by atoms with Gasteiger partial charge in [0.05, 0.1) is 19.6 Å². The summed E-state index contributed by atoms with van der Waals surface area (Å²) in [5.74, 6) is 1.83. The van der Waals surface area contributed by atoms with Gasteiger partial charge in [0.15, 0.2) is 17.1 Å². The maximum atomic E-state index is 13.3. The van der Waals surface area contributed by atoms with E-state index in [1.165, 1.54) is 12.1 Å². The van der Waals surface area contributed by atoms with Crippen molar-refractivity contribution in [1.29, 1.82) is 0 Å². The number of benzene rings is 2. The lowest BCUT2D eigenvalue weighted by atomic mass is 10.0. The monoisotopic (exact) mass is 433 g/mol. The Morgan fingerprint density at radius 2 is 1.81 bits per heavy atom. The van der Waals surface area contributed by atoms with Crippen molar-refractivity contribution in [2.75, 3.05) is 31.8 Å². The second-order valence-corrected chi connectivity index (χ2v) is 7.27. The zero-order valence-corrected chi connectivity index (χ0v) is 17.9. The number of nitrogens with two attached hydrogens (primary N) is 1. The molecule has 4 aromatic rings. The molecule has 3 N–H and O–H groups in total. The number of pyridine rings is 1. The van der Waals surface area contributed by atoms with Crippen LogP contribution in [0.3, 0.4) is 0 Å². The molecule has 8 heteroatoms. The molecule has 2 heterocycles. The average Bonchev–Trinajstić information content (AvgIpc) is 2.79. The fourth-order valence-electron chi connectivity index (χ4n) is 3.60. The molecule has 0 spiro atoms. The van der Waals surface area contributed by atoms with Crippen molar-refractivity contribution in [3.63, 3.8) is 0 Å². The molecule has 0 unspecified atom stereocenters. The minimum atomic E-state index is -0.250. The first-order valence-electron chi connectivity index (χ1n) is 10.2. The molecular formula is C24H24FN5O2. The van der Waals surface area contributed by atoms with E-state index in [0.29, 0.717) is 48.3 Å². The van der Waals surface area contributed by atoms with Crippen LogP contribution in [-0.4, -0.2) is 35.7 Å². The van der Waals surface area contributed by atoms with E-state index < -0.39 is 0 Å². The summed E-state index contributed by atoms with van der Waals surface area (Å²) >= 11 is 0. The normalized spacial score (nSPS) is 10.8.